The monoisotopic (exact) mass is 314 g/mol. The summed E-state index contributed by atoms with van der Waals surface area (Å²) in [6.45, 7) is 3.06. The zero-order valence-corrected chi connectivity index (χ0v) is 13.9. The fraction of sp³-hybridized carbons (Fsp3) is 0.684. The van der Waals surface area contributed by atoms with E-state index in [2.05, 4.69) is 10.3 Å². The second-order valence-corrected chi connectivity index (χ2v) is 7.78. The third-order valence-electron chi connectivity index (χ3n) is 6.09. The SMILES string of the molecule is CCOc1ncccc1CNC(=O)C12CC3CC(CC(C3)C1)C2. The van der Waals surface area contributed by atoms with Gasteiger partial charge in [-0.2, -0.15) is 0 Å². The van der Waals surface area contributed by atoms with Crippen molar-refractivity contribution in [3.8, 4) is 5.88 Å². The van der Waals surface area contributed by atoms with Crippen molar-refractivity contribution < 1.29 is 9.53 Å². The summed E-state index contributed by atoms with van der Waals surface area (Å²) in [4.78, 5) is 17.2. The summed E-state index contributed by atoms with van der Waals surface area (Å²) in [7, 11) is 0. The molecule has 4 aliphatic rings. The van der Waals surface area contributed by atoms with Crippen molar-refractivity contribution in [2.45, 2.75) is 52.0 Å². The molecule has 0 radical (unpaired) electrons. The highest BCUT2D eigenvalue weighted by molar-refractivity contribution is 5.83. The Balaban J connectivity index is 1.45. The smallest absolute Gasteiger partial charge is 0.226 e. The molecule has 4 heteroatoms. The van der Waals surface area contributed by atoms with Crippen molar-refractivity contribution in [2.24, 2.45) is 23.2 Å². The van der Waals surface area contributed by atoms with E-state index in [0.717, 1.165) is 42.6 Å². The average Bonchev–Trinajstić information content (AvgIpc) is 2.53. The third-order valence-corrected chi connectivity index (χ3v) is 6.09. The molecule has 4 fully saturated rings. The van der Waals surface area contributed by atoms with E-state index in [4.69, 9.17) is 4.74 Å². The number of carbonyl (C=O) groups excluding carboxylic acids is 1. The Morgan fingerprint density at radius 3 is 2.52 bits per heavy atom. The van der Waals surface area contributed by atoms with Gasteiger partial charge in [0.25, 0.3) is 0 Å². The van der Waals surface area contributed by atoms with Gasteiger partial charge < -0.3 is 10.1 Å². The molecule has 0 spiro atoms. The molecule has 1 heterocycles. The van der Waals surface area contributed by atoms with Crippen LogP contribution in [0.25, 0.3) is 0 Å². The lowest BCUT2D eigenvalue weighted by Crippen LogP contribution is -2.53. The molecule has 0 aromatic carbocycles. The summed E-state index contributed by atoms with van der Waals surface area (Å²) in [5.41, 5.74) is 0.885. The molecule has 124 valence electrons. The molecule has 0 saturated heterocycles. The van der Waals surface area contributed by atoms with Crippen LogP contribution in [0, 0.1) is 23.2 Å². The molecule has 0 unspecified atom stereocenters. The van der Waals surface area contributed by atoms with E-state index in [1.165, 1.54) is 19.3 Å². The van der Waals surface area contributed by atoms with Crippen molar-refractivity contribution in [2.75, 3.05) is 6.61 Å². The maximum atomic E-state index is 13.0. The van der Waals surface area contributed by atoms with Crippen molar-refractivity contribution in [1.29, 1.82) is 0 Å². The van der Waals surface area contributed by atoms with E-state index in [-0.39, 0.29) is 11.3 Å². The molecule has 4 nitrogen and oxygen atoms in total. The Morgan fingerprint density at radius 2 is 1.91 bits per heavy atom. The van der Waals surface area contributed by atoms with Crippen LogP contribution >= 0.6 is 0 Å². The molecule has 1 aromatic rings. The maximum Gasteiger partial charge on any atom is 0.226 e. The van der Waals surface area contributed by atoms with Gasteiger partial charge in [0.1, 0.15) is 0 Å². The summed E-state index contributed by atoms with van der Waals surface area (Å²) in [5.74, 6) is 3.29. The highest BCUT2D eigenvalue weighted by atomic mass is 16.5. The molecule has 23 heavy (non-hydrogen) atoms. The highest BCUT2D eigenvalue weighted by Crippen LogP contribution is 2.60. The van der Waals surface area contributed by atoms with E-state index in [1.54, 1.807) is 6.20 Å². The number of hydrogen-bond acceptors (Lipinski definition) is 3. The summed E-state index contributed by atoms with van der Waals surface area (Å²) >= 11 is 0. The van der Waals surface area contributed by atoms with Crippen LogP contribution in [0.15, 0.2) is 18.3 Å². The van der Waals surface area contributed by atoms with Gasteiger partial charge in [-0.15, -0.1) is 0 Å². The van der Waals surface area contributed by atoms with Gasteiger partial charge in [0, 0.05) is 23.7 Å². The molecular formula is C19H26N2O2. The largest absolute Gasteiger partial charge is 0.478 e. The first-order valence-electron chi connectivity index (χ1n) is 9.03. The van der Waals surface area contributed by atoms with Crippen LogP contribution in [-0.4, -0.2) is 17.5 Å². The zero-order valence-electron chi connectivity index (χ0n) is 13.9. The predicted molar refractivity (Wildman–Crippen MR) is 87.9 cm³/mol. The minimum absolute atomic E-state index is 0.0806. The average molecular weight is 314 g/mol. The first-order chi connectivity index (χ1) is 11.2. The highest BCUT2D eigenvalue weighted by Gasteiger charge is 2.54. The van der Waals surface area contributed by atoms with Crippen LogP contribution in [0.3, 0.4) is 0 Å². The second-order valence-electron chi connectivity index (χ2n) is 7.78. The Bertz CT molecular complexity index is 564. The van der Waals surface area contributed by atoms with E-state index in [9.17, 15) is 4.79 Å². The molecule has 4 bridgehead atoms. The minimum atomic E-state index is -0.0806. The number of hydrogen-bond donors (Lipinski definition) is 1. The fourth-order valence-corrected chi connectivity index (χ4v) is 5.58. The van der Waals surface area contributed by atoms with Gasteiger partial charge in [-0.05, 0) is 69.3 Å². The fourth-order valence-electron chi connectivity index (χ4n) is 5.58. The second kappa shape index (κ2) is 5.81. The van der Waals surface area contributed by atoms with Gasteiger partial charge in [0.2, 0.25) is 11.8 Å². The molecule has 0 atom stereocenters. The lowest BCUT2D eigenvalue weighted by atomic mass is 9.49. The molecule has 1 aromatic heterocycles. The van der Waals surface area contributed by atoms with Gasteiger partial charge in [0.05, 0.1) is 6.61 Å². The molecule has 1 N–H and O–H groups in total. The summed E-state index contributed by atoms with van der Waals surface area (Å²) in [6.07, 6.45) is 9.15. The van der Waals surface area contributed by atoms with Crippen molar-refractivity contribution in [3.05, 3.63) is 23.9 Å². The van der Waals surface area contributed by atoms with Gasteiger partial charge in [-0.3, -0.25) is 4.79 Å². The van der Waals surface area contributed by atoms with Crippen LogP contribution in [0.2, 0.25) is 0 Å². The predicted octanol–water partition coefficient (Wildman–Crippen LogP) is 3.31. The molecule has 4 saturated carbocycles. The quantitative estimate of drug-likeness (QED) is 0.907. The lowest BCUT2D eigenvalue weighted by Gasteiger charge is -2.55. The van der Waals surface area contributed by atoms with Crippen LogP contribution in [-0.2, 0) is 11.3 Å². The summed E-state index contributed by atoms with van der Waals surface area (Å²) in [5, 5.41) is 3.20. The maximum absolute atomic E-state index is 13.0. The van der Waals surface area contributed by atoms with E-state index < -0.39 is 0 Å². The number of nitrogens with zero attached hydrogens (tertiary/aromatic N) is 1. The number of nitrogens with one attached hydrogen (secondary N) is 1. The van der Waals surface area contributed by atoms with Crippen molar-refractivity contribution in [3.63, 3.8) is 0 Å². The Morgan fingerprint density at radius 1 is 1.26 bits per heavy atom. The summed E-state index contributed by atoms with van der Waals surface area (Å²) in [6, 6.07) is 3.88. The normalized spacial score (nSPS) is 34.4. The van der Waals surface area contributed by atoms with Gasteiger partial charge in [0.15, 0.2) is 0 Å². The van der Waals surface area contributed by atoms with Crippen molar-refractivity contribution in [1.82, 2.24) is 10.3 Å². The van der Waals surface area contributed by atoms with Crippen LogP contribution in [0.4, 0.5) is 0 Å². The zero-order chi connectivity index (χ0) is 15.9. The number of amides is 1. The van der Waals surface area contributed by atoms with E-state index in [0.29, 0.717) is 19.0 Å². The van der Waals surface area contributed by atoms with Crippen LogP contribution in [0.5, 0.6) is 5.88 Å². The van der Waals surface area contributed by atoms with Gasteiger partial charge >= 0.3 is 0 Å². The first-order valence-corrected chi connectivity index (χ1v) is 9.03. The number of rotatable bonds is 5. The molecule has 0 aliphatic heterocycles. The first kappa shape index (κ1) is 15.0. The molecular weight excluding hydrogens is 288 g/mol. The summed E-state index contributed by atoms with van der Waals surface area (Å²) < 4.78 is 5.56. The van der Waals surface area contributed by atoms with Crippen molar-refractivity contribution >= 4 is 5.91 Å². The Labute approximate surface area is 138 Å². The van der Waals surface area contributed by atoms with E-state index in [1.807, 2.05) is 19.1 Å². The van der Waals surface area contributed by atoms with Crippen LogP contribution < -0.4 is 10.1 Å². The number of pyridine rings is 1. The van der Waals surface area contributed by atoms with Crippen LogP contribution in [0.1, 0.15) is 51.0 Å². The third kappa shape index (κ3) is 2.73. The molecule has 5 rings (SSSR count). The molecule has 1 amide bonds. The van der Waals surface area contributed by atoms with Gasteiger partial charge in [-0.1, -0.05) is 6.07 Å². The topological polar surface area (TPSA) is 51.2 Å². The Hall–Kier alpha value is -1.58. The minimum Gasteiger partial charge on any atom is -0.478 e. The number of aromatic nitrogens is 1. The molecule has 4 aliphatic carbocycles. The lowest BCUT2D eigenvalue weighted by molar-refractivity contribution is -0.146. The Kier molecular flexibility index (Phi) is 3.78. The number of ether oxygens (including phenoxy) is 1. The number of carbonyl (C=O) groups is 1. The van der Waals surface area contributed by atoms with E-state index >= 15 is 0 Å². The van der Waals surface area contributed by atoms with Gasteiger partial charge in [-0.25, -0.2) is 4.98 Å². The standard InChI is InChI=1S/C19H26N2O2/c1-2-23-17-16(4-3-5-20-17)12-21-18(22)19-9-13-6-14(10-19)8-15(7-13)11-19/h3-5,13-15H,2,6-12H2,1H3,(H,21,22).